The average Bonchev–Trinajstić information content (AvgIpc) is 2.33. The van der Waals surface area contributed by atoms with E-state index in [0.717, 1.165) is 6.07 Å². The summed E-state index contributed by atoms with van der Waals surface area (Å²) in [6.45, 7) is 0. The number of halogens is 2. The molecule has 0 aliphatic heterocycles. The SMILES string of the molecule is O=S(=O)([O-])c1cc2ccccc2c(S(=O)(=O)Cl)c1S(=O)(=O)Cl.[Na+]. The minimum Gasteiger partial charge on any atom is -0.744 e. The van der Waals surface area contributed by atoms with Gasteiger partial charge in [-0.1, -0.05) is 24.3 Å². The zero-order valence-electron chi connectivity index (χ0n) is 11.2. The summed E-state index contributed by atoms with van der Waals surface area (Å²) in [4.78, 5) is -3.67. The van der Waals surface area contributed by atoms with Crippen LogP contribution in [-0.4, -0.2) is 29.8 Å². The van der Waals surface area contributed by atoms with Gasteiger partial charge in [0.1, 0.15) is 19.9 Å². The van der Waals surface area contributed by atoms with Crippen LogP contribution in [0.2, 0.25) is 0 Å². The van der Waals surface area contributed by atoms with Crippen LogP contribution >= 0.6 is 21.4 Å². The van der Waals surface area contributed by atoms with Gasteiger partial charge in [-0.15, -0.1) is 0 Å². The predicted octanol–water partition coefficient (Wildman–Crippen LogP) is -1.40. The van der Waals surface area contributed by atoms with E-state index in [-0.39, 0.29) is 40.3 Å². The van der Waals surface area contributed by atoms with E-state index in [2.05, 4.69) is 0 Å². The summed E-state index contributed by atoms with van der Waals surface area (Å²) in [7, 11) is -4.59. The molecule has 2 aromatic carbocycles. The van der Waals surface area contributed by atoms with Crippen LogP contribution in [0, 0.1) is 0 Å². The normalized spacial score (nSPS) is 12.8. The second kappa shape index (κ2) is 6.77. The predicted molar refractivity (Wildman–Crippen MR) is 78.0 cm³/mol. The van der Waals surface area contributed by atoms with Gasteiger partial charge in [0.2, 0.25) is 0 Å². The van der Waals surface area contributed by atoms with Crippen LogP contribution in [0.5, 0.6) is 0 Å². The molecule has 0 unspecified atom stereocenters. The Balaban J connectivity index is 0.00000264. The maximum absolute atomic E-state index is 11.7. The maximum atomic E-state index is 11.7. The first-order valence-electron chi connectivity index (χ1n) is 5.24. The fourth-order valence-corrected chi connectivity index (χ4v) is 6.67. The Morgan fingerprint density at radius 3 is 1.74 bits per heavy atom. The van der Waals surface area contributed by atoms with Gasteiger partial charge in [0.15, 0.2) is 0 Å². The van der Waals surface area contributed by atoms with Gasteiger partial charge in [0.05, 0.1) is 4.90 Å². The van der Waals surface area contributed by atoms with Crippen molar-refractivity contribution in [2.45, 2.75) is 14.7 Å². The van der Waals surface area contributed by atoms with Crippen molar-refractivity contribution < 1.29 is 59.4 Å². The fraction of sp³-hybridized carbons (Fsp3) is 0. The Morgan fingerprint density at radius 1 is 0.826 bits per heavy atom. The van der Waals surface area contributed by atoms with E-state index in [9.17, 15) is 29.8 Å². The van der Waals surface area contributed by atoms with Crippen molar-refractivity contribution in [1.29, 1.82) is 0 Å². The zero-order valence-corrected chi connectivity index (χ0v) is 17.2. The van der Waals surface area contributed by atoms with Crippen LogP contribution < -0.4 is 29.6 Å². The van der Waals surface area contributed by atoms with Crippen molar-refractivity contribution >= 4 is 60.4 Å². The molecular weight excluding hydrogens is 422 g/mol. The first-order valence-corrected chi connectivity index (χ1v) is 11.3. The summed E-state index contributed by atoms with van der Waals surface area (Å²) >= 11 is 0. The molecule has 23 heavy (non-hydrogen) atoms. The summed E-state index contributed by atoms with van der Waals surface area (Å²) in [6, 6.07) is 6.04. The standard InChI is InChI=1S/C10H6Cl2O7S3.Na/c11-20(13,14)9-7-4-2-1-3-6(7)5-8(22(17,18)19)10(9)21(12,15)16;/h1-5H,(H,17,18,19);/q;+1/p-1. The molecule has 0 N–H and O–H groups in total. The Bertz CT molecular complexity index is 1090. The van der Waals surface area contributed by atoms with Crippen LogP contribution in [0.15, 0.2) is 45.0 Å². The van der Waals surface area contributed by atoms with Gasteiger partial charge in [-0.25, -0.2) is 25.3 Å². The van der Waals surface area contributed by atoms with Crippen molar-refractivity contribution in [2.24, 2.45) is 0 Å². The molecule has 2 rings (SSSR count). The third-order valence-electron chi connectivity index (χ3n) is 2.68. The number of hydrogen-bond donors (Lipinski definition) is 0. The molecule has 0 aliphatic carbocycles. The van der Waals surface area contributed by atoms with Crippen molar-refractivity contribution in [3.05, 3.63) is 30.3 Å². The smallest absolute Gasteiger partial charge is 0.744 e. The van der Waals surface area contributed by atoms with Crippen LogP contribution in [0.25, 0.3) is 10.8 Å². The maximum Gasteiger partial charge on any atom is 1.00 e. The molecule has 0 bridgehead atoms. The van der Waals surface area contributed by atoms with Crippen LogP contribution in [0.1, 0.15) is 0 Å². The molecule has 0 aliphatic rings. The quantitative estimate of drug-likeness (QED) is 0.335. The summed E-state index contributed by atoms with van der Waals surface area (Å²) < 4.78 is 80.7. The first kappa shape index (κ1) is 21.1. The summed E-state index contributed by atoms with van der Waals surface area (Å²) in [6.07, 6.45) is 0. The monoisotopic (exact) mass is 426 g/mol. The second-order valence-corrected chi connectivity index (χ2v) is 10.4. The van der Waals surface area contributed by atoms with Crippen LogP contribution in [0.4, 0.5) is 0 Å². The topological polar surface area (TPSA) is 125 Å². The molecule has 0 fully saturated rings. The second-order valence-electron chi connectivity index (χ2n) is 4.08. The van der Waals surface area contributed by atoms with E-state index in [1.807, 2.05) is 0 Å². The Kier molecular flexibility index (Phi) is 6.22. The van der Waals surface area contributed by atoms with Gasteiger partial charge < -0.3 is 4.55 Å². The molecule has 120 valence electrons. The minimum absolute atomic E-state index is 0. The number of rotatable bonds is 3. The number of hydrogen-bond acceptors (Lipinski definition) is 7. The summed E-state index contributed by atoms with van der Waals surface area (Å²) in [5, 5.41) is -0.177. The van der Waals surface area contributed by atoms with Crippen molar-refractivity contribution in [1.82, 2.24) is 0 Å². The fourth-order valence-electron chi connectivity index (χ4n) is 1.93. The molecule has 0 aromatic heterocycles. The molecule has 0 amide bonds. The van der Waals surface area contributed by atoms with Crippen molar-refractivity contribution in [2.75, 3.05) is 0 Å². The van der Waals surface area contributed by atoms with Gasteiger partial charge in [-0.2, -0.15) is 0 Å². The molecule has 0 saturated carbocycles. The van der Waals surface area contributed by atoms with E-state index in [1.54, 1.807) is 0 Å². The molecule has 0 saturated heterocycles. The minimum atomic E-state index is -5.33. The molecule has 0 radical (unpaired) electrons. The number of fused-ring (bicyclic) bond motifs is 1. The molecule has 2 aromatic rings. The van der Waals surface area contributed by atoms with Gasteiger partial charge in [0.25, 0.3) is 18.1 Å². The Morgan fingerprint density at radius 2 is 1.30 bits per heavy atom. The number of benzene rings is 2. The van der Waals surface area contributed by atoms with E-state index in [1.165, 1.54) is 24.3 Å². The molecule has 13 heteroatoms. The van der Waals surface area contributed by atoms with E-state index < -0.39 is 42.9 Å². The zero-order chi connectivity index (χ0) is 16.9. The van der Waals surface area contributed by atoms with Crippen LogP contribution in [-0.2, 0) is 28.2 Å². The third kappa shape index (κ3) is 4.39. The molecule has 7 nitrogen and oxygen atoms in total. The van der Waals surface area contributed by atoms with Gasteiger partial charge in [0, 0.05) is 26.8 Å². The third-order valence-corrected chi connectivity index (χ3v) is 6.55. The summed E-state index contributed by atoms with van der Waals surface area (Å²) in [5.74, 6) is 0. The van der Waals surface area contributed by atoms with E-state index in [4.69, 9.17) is 21.4 Å². The molecule has 0 atom stereocenters. The largest absolute Gasteiger partial charge is 1.00 e. The first-order chi connectivity index (χ1) is 9.83. The molecular formula is C10H5Cl2NaO7S3. The van der Waals surface area contributed by atoms with Gasteiger partial charge in [-0.05, 0) is 11.5 Å². The van der Waals surface area contributed by atoms with Crippen molar-refractivity contribution in [3.8, 4) is 0 Å². The Labute approximate surface area is 163 Å². The van der Waals surface area contributed by atoms with E-state index >= 15 is 0 Å². The Hall–Kier alpha value is 0.0900. The average molecular weight is 427 g/mol. The van der Waals surface area contributed by atoms with E-state index in [0.29, 0.717) is 0 Å². The van der Waals surface area contributed by atoms with Crippen molar-refractivity contribution in [3.63, 3.8) is 0 Å². The molecule has 0 heterocycles. The summed E-state index contributed by atoms with van der Waals surface area (Å²) in [5.41, 5.74) is 0. The van der Waals surface area contributed by atoms with Gasteiger partial charge in [-0.3, -0.25) is 0 Å². The van der Waals surface area contributed by atoms with Crippen LogP contribution in [0.3, 0.4) is 0 Å². The van der Waals surface area contributed by atoms with Gasteiger partial charge >= 0.3 is 29.6 Å². The molecule has 0 spiro atoms.